The van der Waals surface area contributed by atoms with Gasteiger partial charge in [0.15, 0.2) is 6.29 Å². The summed E-state index contributed by atoms with van der Waals surface area (Å²) in [5.41, 5.74) is 2.81. The van der Waals surface area contributed by atoms with Crippen molar-refractivity contribution in [3.05, 3.63) is 34.9 Å². The van der Waals surface area contributed by atoms with Gasteiger partial charge < -0.3 is 0 Å². The second kappa shape index (κ2) is 5.20. The molecule has 0 aliphatic carbocycles. The third-order valence-corrected chi connectivity index (χ3v) is 3.25. The van der Waals surface area contributed by atoms with E-state index in [9.17, 15) is 4.79 Å². The lowest BCUT2D eigenvalue weighted by molar-refractivity contribution is 0.112. The van der Waals surface area contributed by atoms with Crippen LogP contribution >= 0.6 is 10.0 Å². The quantitative estimate of drug-likeness (QED) is 0.556. The summed E-state index contributed by atoms with van der Waals surface area (Å²) in [6, 6.07) is 5.93. The van der Waals surface area contributed by atoms with Gasteiger partial charge in [-0.3, -0.25) is 4.79 Å². The first-order valence-electron chi connectivity index (χ1n) is 5.94. The summed E-state index contributed by atoms with van der Waals surface area (Å²) in [7, 11) is -0.873. The lowest BCUT2D eigenvalue weighted by atomic mass is 9.85. The molecule has 0 radical (unpaired) electrons. The average molecular weight is 262 g/mol. The summed E-state index contributed by atoms with van der Waals surface area (Å²) in [5.74, 6) is 3.17. The van der Waals surface area contributed by atoms with Crippen molar-refractivity contribution in [2.24, 2.45) is 0 Å². The molecule has 98 valence electrons. The van der Waals surface area contributed by atoms with Crippen molar-refractivity contribution < 1.29 is 4.79 Å². The summed E-state index contributed by atoms with van der Waals surface area (Å²) in [5, 5.41) is 3.27. The Labute approximate surface area is 112 Å². The van der Waals surface area contributed by atoms with Gasteiger partial charge in [0.05, 0.1) is 0 Å². The van der Waals surface area contributed by atoms with Gasteiger partial charge in [0.1, 0.15) is 0 Å². The molecule has 0 aliphatic rings. The molecule has 0 heterocycles. The molecule has 0 aliphatic heterocycles. The molecule has 0 saturated heterocycles. The average Bonchev–Trinajstić information content (AvgIpc) is 2.23. The van der Waals surface area contributed by atoms with E-state index in [1.54, 1.807) is 0 Å². The zero-order valence-corrected chi connectivity index (χ0v) is 12.9. The van der Waals surface area contributed by atoms with Crippen molar-refractivity contribution in [3.63, 3.8) is 0 Å². The highest BCUT2D eigenvalue weighted by Crippen LogP contribution is 2.32. The smallest absolute Gasteiger partial charge is 0.151 e. The van der Waals surface area contributed by atoms with E-state index in [1.165, 1.54) is 5.56 Å². The fourth-order valence-electron chi connectivity index (χ4n) is 1.44. The minimum Gasteiger partial charge on any atom is -0.298 e. The molecule has 18 heavy (non-hydrogen) atoms. The van der Waals surface area contributed by atoms with Crippen LogP contribution in [0.5, 0.6) is 0 Å². The van der Waals surface area contributed by atoms with Crippen LogP contribution in [0.3, 0.4) is 0 Å². The van der Waals surface area contributed by atoms with E-state index in [-0.39, 0.29) is 5.41 Å². The second-order valence-corrected chi connectivity index (χ2v) is 10.1. The van der Waals surface area contributed by atoms with Crippen LogP contribution in [-0.4, -0.2) is 25.1 Å². The van der Waals surface area contributed by atoms with Crippen LogP contribution < -0.4 is 0 Å². The first kappa shape index (κ1) is 14.9. The van der Waals surface area contributed by atoms with Gasteiger partial charge in [-0.2, -0.15) is 10.0 Å². The maximum absolute atomic E-state index is 11.1. The highest BCUT2D eigenvalue weighted by atomic mass is 32.3. The molecule has 0 aromatic heterocycles. The fourth-order valence-corrected chi connectivity index (χ4v) is 1.86. The molecule has 0 N–H and O–H groups in total. The number of aldehydes is 1. The largest absolute Gasteiger partial charge is 0.298 e. The van der Waals surface area contributed by atoms with Gasteiger partial charge in [0, 0.05) is 11.1 Å². The molecule has 0 unspecified atom stereocenters. The molecule has 2 heteroatoms. The molecular formula is C16H22OS. The van der Waals surface area contributed by atoms with E-state index in [0.717, 1.165) is 11.8 Å². The van der Waals surface area contributed by atoms with Crippen LogP contribution in [0, 0.1) is 11.2 Å². The van der Waals surface area contributed by atoms with E-state index in [1.807, 2.05) is 18.2 Å². The Hall–Kier alpha value is -1.20. The Kier molecular flexibility index (Phi) is 4.29. The van der Waals surface area contributed by atoms with E-state index >= 15 is 0 Å². The number of benzene rings is 1. The maximum Gasteiger partial charge on any atom is 0.151 e. The van der Waals surface area contributed by atoms with Crippen molar-refractivity contribution >= 4 is 16.3 Å². The minimum atomic E-state index is -0.873. The van der Waals surface area contributed by atoms with Gasteiger partial charge in [0.25, 0.3) is 0 Å². The Balaban J connectivity index is 3.31. The second-order valence-electron chi connectivity index (χ2n) is 6.23. The molecule has 1 nitrogen and oxygen atoms in total. The highest BCUT2D eigenvalue weighted by molar-refractivity contribution is 8.35. The molecule has 0 amide bonds. The van der Waals surface area contributed by atoms with Crippen molar-refractivity contribution in [3.8, 4) is 11.2 Å². The topological polar surface area (TPSA) is 17.1 Å². The Morgan fingerprint density at radius 3 is 2.22 bits per heavy atom. The summed E-state index contributed by atoms with van der Waals surface area (Å²) >= 11 is 0. The fraction of sp³-hybridized carbons (Fsp3) is 0.438. The van der Waals surface area contributed by atoms with Crippen molar-refractivity contribution in [1.82, 2.24) is 0 Å². The molecule has 1 aromatic carbocycles. The Bertz CT molecular complexity index is 505. The van der Waals surface area contributed by atoms with Gasteiger partial charge in [-0.1, -0.05) is 38.8 Å². The lowest BCUT2D eigenvalue weighted by Crippen LogP contribution is -2.11. The zero-order chi connectivity index (χ0) is 14.0. The summed E-state index contributed by atoms with van der Waals surface area (Å²) in [6.07, 6.45) is 7.32. The van der Waals surface area contributed by atoms with E-state index in [4.69, 9.17) is 0 Å². The van der Waals surface area contributed by atoms with Crippen molar-refractivity contribution in [2.45, 2.75) is 26.2 Å². The first-order valence-corrected chi connectivity index (χ1v) is 8.80. The summed E-state index contributed by atoms with van der Waals surface area (Å²) in [4.78, 5) is 11.1. The minimum absolute atomic E-state index is 0.0758. The molecule has 0 spiro atoms. The number of hydrogen-bond acceptors (Lipinski definition) is 1. The third kappa shape index (κ3) is 4.23. The van der Waals surface area contributed by atoms with Gasteiger partial charge in [-0.25, -0.2) is 0 Å². The monoisotopic (exact) mass is 262 g/mol. The lowest BCUT2D eigenvalue weighted by Gasteiger charge is -2.20. The molecular weight excluding hydrogens is 240 g/mol. The van der Waals surface area contributed by atoms with Crippen LogP contribution in [0.25, 0.3) is 0 Å². The number of hydrogen-bond donors (Lipinski definition) is 0. The van der Waals surface area contributed by atoms with Crippen LogP contribution in [0.2, 0.25) is 0 Å². The molecule has 1 rings (SSSR count). The molecule has 0 fully saturated rings. The molecule has 0 atom stereocenters. The Morgan fingerprint density at radius 2 is 1.78 bits per heavy atom. The standard InChI is InChI=1S/C16H22OS/c1-16(2,3)15-8-7-14(12-17)13(11-15)9-10-18(4,5)6/h7-8,11-12H,1-6H3. The maximum atomic E-state index is 11.1. The molecule has 0 saturated carbocycles. The van der Waals surface area contributed by atoms with E-state index < -0.39 is 10.0 Å². The predicted octanol–water partition coefficient (Wildman–Crippen LogP) is 3.80. The van der Waals surface area contributed by atoms with Crippen LogP contribution in [0.15, 0.2) is 18.2 Å². The van der Waals surface area contributed by atoms with Gasteiger partial charge in [-0.05, 0) is 41.1 Å². The highest BCUT2D eigenvalue weighted by Gasteiger charge is 2.14. The van der Waals surface area contributed by atoms with E-state index in [0.29, 0.717) is 5.56 Å². The van der Waals surface area contributed by atoms with Crippen molar-refractivity contribution in [2.75, 3.05) is 18.8 Å². The zero-order valence-electron chi connectivity index (χ0n) is 12.1. The van der Waals surface area contributed by atoms with Gasteiger partial charge >= 0.3 is 0 Å². The number of carbonyl (C=O) groups excluding carboxylic acids is 1. The Morgan fingerprint density at radius 1 is 1.17 bits per heavy atom. The van der Waals surface area contributed by atoms with Gasteiger partial charge in [0.2, 0.25) is 0 Å². The SMILES string of the molecule is CC(C)(C)c1ccc(C=O)c(C#CS(C)(C)C)c1. The summed E-state index contributed by atoms with van der Waals surface area (Å²) < 4.78 is 0. The number of rotatable bonds is 1. The van der Waals surface area contributed by atoms with Gasteiger partial charge in [-0.15, -0.1) is 0 Å². The van der Waals surface area contributed by atoms with Crippen LogP contribution in [-0.2, 0) is 5.41 Å². The normalized spacial score (nSPS) is 12.6. The predicted molar refractivity (Wildman–Crippen MR) is 82.8 cm³/mol. The molecule has 1 aromatic rings. The summed E-state index contributed by atoms with van der Waals surface area (Å²) in [6.45, 7) is 6.49. The van der Waals surface area contributed by atoms with Crippen LogP contribution in [0.4, 0.5) is 0 Å². The third-order valence-electron chi connectivity index (χ3n) is 2.54. The van der Waals surface area contributed by atoms with E-state index in [2.05, 4.69) is 50.7 Å². The first-order chi connectivity index (χ1) is 8.13. The van der Waals surface area contributed by atoms with Crippen LogP contribution in [0.1, 0.15) is 42.3 Å². The number of carbonyl (C=O) groups is 1. The molecule has 0 bridgehead atoms. The van der Waals surface area contributed by atoms with Crippen molar-refractivity contribution in [1.29, 1.82) is 0 Å².